The van der Waals surface area contributed by atoms with E-state index in [0.29, 0.717) is 0 Å². The molecule has 0 heterocycles. The molecule has 0 atom stereocenters. The summed E-state index contributed by atoms with van der Waals surface area (Å²) in [5.74, 6) is 0. The van der Waals surface area contributed by atoms with Gasteiger partial charge in [-0.2, -0.15) is 0 Å². The van der Waals surface area contributed by atoms with E-state index >= 15 is 0 Å². The fraction of sp³-hybridized carbons (Fsp3) is 0.500. The lowest BCUT2D eigenvalue weighted by molar-refractivity contribution is -0.919. The van der Waals surface area contributed by atoms with Crippen molar-refractivity contribution in [2.24, 2.45) is 0 Å². The van der Waals surface area contributed by atoms with Crippen LogP contribution in [-0.2, 0) is 16.5 Å². The van der Waals surface area contributed by atoms with Crippen LogP contribution in [0.25, 0.3) is 0 Å². The minimum atomic E-state index is -4.27. The standard InChI is InChI=1S/C21H35ClN.C7H8O3S/c1-4-7-8-9-11-18-23(5-2,6-3)19-12-10-13-20-14-16-21(22)17-15-20;1-6-2-4-7(5-3-6)11(8,9)10/h10,12,14-17H,4-9,11,13,18-19H2,1-3H3;2-5H,1H3,(H,8,9,10)/q+1;/p-1/b12-10-;. The molecule has 2 aromatic rings. The van der Waals surface area contributed by atoms with Crippen molar-refractivity contribution in [1.82, 2.24) is 0 Å². The highest BCUT2D eigenvalue weighted by molar-refractivity contribution is 7.85. The fourth-order valence-electron chi connectivity index (χ4n) is 3.78. The average molecular weight is 508 g/mol. The molecule has 34 heavy (non-hydrogen) atoms. The van der Waals surface area contributed by atoms with Gasteiger partial charge in [-0.1, -0.05) is 73.7 Å². The summed E-state index contributed by atoms with van der Waals surface area (Å²) < 4.78 is 32.4. The number of benzene rings is 2. The normalized spacial score (nSPS) is 11.9. The summed E-state index contributed by atoms with van der Waals surface area (Å²) in [7, 11) is -4.27. The highest BCUT2D eigenvalue weighted by Gasteiger charge is 2.20. The van der Waals surface area contributed by atoms with E-state index < -0.39 is 10.1 Å². The molecule has 0 spiro atoms. The number of unbranched alkanes of at least 4 members (excludes halogenated alkanes) is 4. The fourth-order valence-corrected chi connectivity index (χ4v) is 4.38. The van der Waals surface area contributed by atoms with Crippen LogP contribution >= 0.6 is 11.6 Å². The molecule has 2 rings (SSSR count). The molecule has 0 aromatic heterocycles. The lowest BCUT2D eigenvalue weighted by atomic mass is 10.1. The van der Waals surface area contributed by atoms with Crippen LogP contribution in [0.4, 0.5) is 0 Å². The maximum atomic E-state index is 10.4. The molecule has 0 radical (unpaired) electrons. The molecular weight excluding hydrogens is 466 g/mol. The van der Waals surface area contributed by atoms with Crippen molar-refractivity contribution in [2.75, 3.05) is 26.2 Å². The summed E-state index contributed by atoms with van der Waals surface area (Å²) in [5.41, 5.74) is 2.26. The largest absolute Gasteiger partial charge is 0.744 e. The smallest absolute Gasteiger partial charge is 0.124 e. The zero-order chi connectivity index (χ0) is 25.5. The molecule has 0 fully saturated rings. The summed E-state index contributed by atoms with van der Waals surface area (Å²) >= 11 is 5.93. The topological polar surface area (TPSA) is 57.2 Å². The van der Waals surface area contributed by atoms with E-state index in [1.54, 1.807) is 12.1 Å². The van der Waals surface area contributed by atoms with Crippen LogP contribution in [-0.4, -0.2) is 43.6 Å². The predicted octanol–water partition coefficient (Wildman–Crippen LogP) is 7.16. The van der Waals surface area contributed by atoms with Crippen LogP contribution in [0.5, 0.6) is 0 Å². The highest BCUT2D eigenvalue weighted by Crippen LogP contribution is 2.13. The van der Waals surface area contributed by atoms with Gasteiger partial charge in [-0.3, -0.25) is 0 Å². The predicted molar refractivity (Wildman–Crippen MR) is 143 cm³/mol. The highest BCUT2D eigenvalue weighted by atomic mass is 35.5. The van der Waals surface area contributed by atoms with Crippen molar-refractivity contribution in [3.8, 4) is 0 Å². The quantitative estimate of drug-likeness (QED) is 0.125. The van der Waals surface area contributed by atoms with E-state index in [1.165, 1.54) is 73.9 Å². The number of hydrogen-bond donors (Lipinski definition) is 0. The molecule has 6 heteroatoms. The van der Waals surface area contributed by atoms with Gasteiger partial charge in [-0.15, -0.1) is 0 Å². The molecule has 0 amide bonds. The van der Waals surface area contributed by atoms with Crippen molar-refractivity contribution in [1.29, 1.82) is 0 Å². The number of aryl methyl sites for hydroxylation is 1. The molecular formula is C28H42ClNO3S. The lowest BCUT2D eigenvalue weighted by Gasteiger charge is -2.36. The van der Waals surface area contributed by atoms with Crippen molar-refractivity contribution in [3.05, 3.63) is 76.8 Å². The molecule has 0 bridgehead atoms. The molecule has 0 saturated carbocycles. The third-order valence-corrected chi connectivity index (χ3v) is 7.41. The van der Waals surface area contributed by atoms with Crippen molar-refractivity contribution in [2.45, 2.75) is 71.1 Å². The Morgan fingerprint density at radius 2 is 1.44 bits per heavy atom. The monoisotopic (exact) mass is 507 g/mol. The molecule has 0 unspecified atom stereocenters. The van der Waals surface area contributed by atoms with Gasteiger partial charge in [0.05, 0.1) is 31.1 Å². The SMILES string of the molecule is CCCCCCC[N+](CC)(CC)C/C=C\Cc1ccc(Cl)cc1.Cc1ccc(S(=O)(=O)[O-])cc1. The molecule has 0 aliphatic carbocycles. The maximum absolute atomic E-state index is 10.4. The van der Waals surface area contributed by atoms with Crippen LogP contribution in [0.2, 0.25) is 5.02 Å². The molecule has 0 aliphatic rings. The van der Waals surface area contributed by atoms with Gasteiger partial charge < -0.3 is 9.04 Å². The maximum Gasteiger partial charge on any atom is 0.124 e. The first kappa shape index (κ1) is 30.4. The minimum Gasteiger partial charge on any atom is -0.744 e. The Bertz CT molecular complexity index is 935. The Balaban J connectivity index is 0.000000437. The average Bonchev–Trinajstić information content (AvgIpc) is 2.82. The van der Waals surface area contributed by atoms with Crippen LogP contribution in [0.15, 0.2) is 65.6 Å². The molecule has 2 aromatic carbocycles. The first-order valence-corrected chi connectivity index (χ1v) is 14.2. The first-order chi connectivity index (χ1) is 16.2. The van der Waals surface area contributed by atoms with Gasteiger partial charge in [0.15, 0.2) is 0 Å². The van der Waals surface area contributed by atoms with Crippen molar-refractivity contribution in [3.63, 3.8) is 0 Å². The Kier molecular flexibility index (Phi) is 14.4. The van der Waals surface area contributed by atoms with E-state index in [4.69, 9.17) is 11.6 Å². The number of halogens is 1. The van der Waals surface area contributed by atoms with Crippen molar-refractivity contribution < 1.29 is 17.5 Å². The minimum absolute atomic E-state index is 0.178. The van der Waals surface area contributed by atoms with Gasteiger partial charge in [0, 0.05) is 5.02 Å². The van der Waals surface area contributed by atoms with Crippen molar-refractivity contribution >= 4 is 21.7 Å². The van der Waals surface area contributed by atoms with Gasteiger partial charge in [0.25, 0.3) is 0 Å². The lowest BCUT2D eigenvalue weighted by Crippen LogP contribution is -2.48. The number of hydrogen-bond acceptors (Lipinski definition) is 3. The Morgan fingerprint density at radius 1 is 0.853 bits per heavy atom. The van der Waals surface area contributed by atoms with E-state index in [2.05, 4.69) is 45.1 Å². The molecule has 0 aliphatic heterocycles. The van der Waals surface area contributed by atoms with E-state index in [-0.39, 0.29) is 4.90 Å². The van der Waals surface area contributed by atoms with Gasteiger partial charge in [-0.25, -0.2) is 8.42 Å². The van der Waals surface area contributed by atoms with E-state index in [0.717, 1.165) is 23.6 Å². The summed E-state index contributed by atoms with van der Waals surface area (Å²) in [5, 5.41) is 0.813. The van der Waals surface area contributed by atoms with Gasteiger partial charge >= 0.3 is 0 Å². The number of quaternary nitrogens is 1. The summed E-state index contributed by atoms with van der Waals surface area (Å²) in [6, 6.07) is 14.0. The van der Waals surface area contributed by atoms with Gasteiger partial charge in [0.2, 0.25) is 0 Å². The number of nitrogens with zero attached hydrogens (tertiary/aromatic N) is 1. The third-order valence-electron chi connectivity index (χ3n) is 6.31. The van der Waals surface area contributed by atoms with E-state index in [1.807, 2.05) is 19.1 Å². The van der Waals surface area contributed by atoms with Gasteiger partial charge in [-0.05, 0) is 75.9 Å². The van der Waals surface area contributed by atoms with Crippen LogP contribution < -0.4 is 0 Å². The molecule has 0 saturated heterocycles. The van der Waals surface area contributed by atoms with Crippen LogP contribution in [0.3, 0.4) is 0 Å². The second-order valence-corrected chi connectivity index (χ2v) is 10.7. The van der Waals surface area contributed by atoms with E-state index in [9.17, 15) is 13.0 Å². The Labute approximate surface area is 213 Å². The molecule has 4 nitrogen and oxygen atoms in total. The number of likely N-dealkylation sites (N-methyl/N-ethyl adjacent to an activating group) is 1. The second-order valence-electron chi connectivity index (χ2n) is 8.86. The number of rotatable bonds is 13. The summed E-state index contributed by atoms with van der Waals surface area (Å²) in [6.07, 6.45) is 12.6. The first-order valence-electron chi connectivity index (χ1n) is 12.4. The zero-order valence-electron chi connectivity index (χ0n) is 21.3. The molecule has 190 valence electrons. The Hall–Kier alpha value is -1.66. The van der Waals surface area contributed by atoms with Crippen LogP contribution in [0.1, 0.15) is 64.0 Å². The second kappa shape index (κ2) is 16.1. The zero-order valence-corrected chi connectivity index (χ0v) is 22.9. The number of allylic oxidation sites excluding steroid dienone is 1. The Morgan fingerprint density at radius 3 is 1.97 bits per heavy atom. The van der Waals surface area contributed by atoms with Crippen LogP contribution in [0, 0.1) is 6.92 Å². The van der Waals surface area contributed by atoms with Gasteiger partial charge in [0.1, 0.15) is 10.1 Å². The summed E-state index contributed by atoms with van der Waals surface area (Å²) in [6.45, 7) is 13.7. The third kappa shape index (κ3) is 12.2. The summed E-state index contributed by atoms with van der Waals surface area (Å²) in [4.78, 5) is -0.178. The molecule has 0 N–H and O–H groups in total.